The van der Waals surface area contributed by atoms with Gasteiger partial charge in [-0.05, 0) is 36.4 Å². The topological polar surface area (TPSA) is 424 Å². The molecule has 0 spiro atoms. The molecule has 4 aromatic carbocycles. The number of phenols is 1. The summed E-state index contributed by atoms with van der Waals surface area (Å²) in [5.74, 6) is -6.33. The van der Waals surface area contributed by atoms with Crippen molar-refractivity contribution < 1.29 is 91.3 Å². The van der Waals surface area contributed by atoms with E-state index in [1.54, 1.807) is 0 Å². The molecule has 0 unspecified atom stereocenters. The van der Waals surface area contributed by atoms with Gasteiger partial charge in [0.2, 0.25) is 0 Å². The van der Waals surface area contributed by atoms with Gasteiger partial charge in [-0.3, -0.25) is 22.8 Å². The van der Waals surface area contributed by atoms with Crippen LogP contribution < -0.4 is 16.8 Å². The number of nitrogens with zero attached hydrogens (tertiary/aromatic N) is 2. The summed E-state index contributed by atoms with van der Waals surface area (Å²) in [6.07, 6.45) is 0. The summed E-state index contributed by atoms with van der Waals surface area (Å²) in [5.41, 5.74) is 8.68. The number of aromatic hydroxyl groups is 1. The Morgan fingerprint density at radius 1 is 0.702 bits per heavy atom. The lowest BCUT2D eigenvalue weighted by molar-refractivity contribution is 0.284. The number of nitrogen functional groups attached to an aromatic ring is 2. The summed E-state index contributed by atoms with van der Waals surface area (Å²) in [7, 11) is -28.7. The number of hydrogen-bond acceptors (Lipinski definition) is 19. The molecule has 0 bridgehead atoms. The van der Waals surface area contributed by atoms with Crippen molar-refractivity contribution in [3.8, 4) is 5.75 Å². The molecule has 0 aliphatic rings. The molecular formula is C25H25F2N5O19S6. The predicted molar refractivity (Wildman–Crippen MR) is 190 cm³/mol. The largest absolute Gasteiger partial charge is 0.505 e. The highest BCUT2D eigenvalue weighted by Gasteiger charge is 2.33. The van der Waals surface area contributed by atoms with Gasteiger partial charge in [0.1, 0.15) is 27.0 Å². The van der Waals surface area contributed by atoms with Crippen LogP contribution in [0.25, 0.3) is 10.8 Å². The van der Waals surface area contributed by atoms with Gasteiger partial charge in [-0.1, -0.05) is 0 Å². The van der Waals surface area contributed by atoms with Crippen molar-refractivity contribution >= 4 is 99.9 Å². The Kier molecular flexibility index (Phi) is 13.3. The average molecular weight is 930 g/mol. The maximum atomic E-state index is 14.6. The second-order valence-electron chi connectivity index (χ2n) is 10.7. The second kappa shape index (κ2) is 16.3. The van der Waals surface area contributed by atoms with Crippen LogP contribution in [0, 0.1) is 11.6 Å². The molecule has 0 aliphatic carbocycles. The lowest BCUT2D eigenvalue weighted by Gasteiger charge is -2.13. The van der Waals surface area contributed by atoms with Crippen molar-refractivity contribution in [2.75, 3.05) is 36.2 Å². The quantitative estimate of drug-likeness (QED) is 0.0554. The number of nitrogens with two attached hydrogens (primary N) is 2. The van der Waals surface area contributed by atoms with Gasteiger partial charge in [0.15, 0.2) is 31.2 Å². The van der Waals surface area contributed by atoms with Crippen LogP contribution in [0.5, 0.6) is 5.75 Å². The van der Waals surface area contributed by atoms with Crippen LogP contribution in [0.1, 0.15) is 0 Å². The summed E-state index contributed by atoms with van der Waals surface area (Å²) in [6, 6.07) is 5.92. The number of phenolic OH excluding ortho intramolecular Hbond substituents is 1. The minimum Gasteiger partial charge on any atom is -0.505 e. The molecule has 57 heavy (non-hydrogen) atoms. The highest BCUT2D eigenvalue weighted by Crippen LogP contribution is 2.45. The van der Waals surface area contributed by atoms with Crippen molar-refractivity contribution in [1.29, 1.82) is 0 Å². The van der Waals surface area contributed by atoms with Crippen molar-refractivity contribution in [2.45, 2.75) is 24.5 Å². The summed E-state index contributed by atoms with van der Waals surface area (Å²) in [5, 5.41) is 19.5. The normalized spacial score (nSPS) is 13.1. The lowest BCUT2D eigenvalue weighted by Crippen LogP contribution is -2.16. The Labute approximate surface area is 320 Å². The zero-order valence-electron chi connectivity index (χ0n) is 27.7. The van der Waals surface area contributed by atoms with Crippen LogP contribution in [-0.4, -0.2) is 97.8 Å². The fourth-order valence-electron chi connectivity index (χ4n) is 4.48. The third kappa shape index (κ3) is 11.0. The Morgan fingerprint density at radius 3 is 1.75 bits per heavy atom. The Hall–Kier alpha value is -4.74. The molecule has 0 atom stereocenters. The van der Waals surface area contributed by atoms with Gasteiger partial charge in [-0.25, -0.2) is 21.4 Å². The van der Waals surface area contributed by atoms with Crippen LogP contribution in [0.15, 0.2) is 77.2 Å². The van der Waals surface area contributed by atoms with Gasteiger partial charge in [0.25, 0.3) is 40.5 Å². The average Bonchev–Trinajstić information content (AvgIpc) is 3.01. The lowest BCUT2D eigenvalue weighted by atomic mass is 10.1. The second-order valence-corrected chi connectivity index (χ2v) is 19.4. The van der Waals surface area contributed by atoms with Gasteiger partial charge in [-0.15, -0.1) is 10.2 Å². The van der Waals surface area contributed by atoms with Crippen molar-refractivity contribution in [1.82, 2.24) is 0 Å². The van der Waals surface area contributed by atoms with Crippen LogP contribution in [0.4, 0.5) is 37.2 Å². The number of sulfone groups is 1. The number of fused-ring (bicyclic) bond motifs is 1. The number of benzene rings is 4. The Balaban J connectivity index is 0.000000353. The van der Waals surface area contributed by atoms with E-state index in [0.29, 0.717) is 11.8 Å². The highest BCUT2D eigenvalue weighted by molar-refractivity contribution is 7.91. The fourth-order valence-corrected chi connectivity index (χ4v) is 8.75. The first-order valence-electron chi connectivity index (χ1n) is 14.1. The minimum absolute atomic E-state index is 0.0544. The van der Waals surface area contributed by atoms with Gasteiger partial charge in [0.05, 0.1) is 34.3 Å². The zero-order valence-corrected chi connectivity index (χ0v) is 32.6. The van der Waals surface area contributed by atoms with E-state index in [0.717, 1.165) is 18.2 Å². The first-order valence-corrected chi connectivity index (χ1v) is 22.8. The van der Waals surface area contributed by atoms with Crippen LogP contribution >= 0.6 is 0 Å². The van der Waals surface area contributed by atoms with Crippen LogP contribution in [-0.2, 0) is 64.9 Å². The Bertz CT molecular complexity index is 3020. The van der Waals surface area contributed by atoms with Gasteiger partial charge in [-0.2, -0.15) is 42.1 Å². The highest BCUT2D eigenvalue weighted by atomic mass is 32.3. The number of nitrogens with one attached hydrogen (secondary N) is 1. The van der Waals surface area contributed by atoms with E-state index in [1.165, 1.54) is 19.2 Å². The van der Waals surface area contributed by atoms with Gasteiger partial charge in [0, 0.05) is 23.9 Å². The van der Waals surface area contributed by atoms with E-state index >= 15 is 0 Å². The third-order valence-electron chi connectivity index (χ3n) is 6.91. The van der Waals surface area contributed by atoms with Crippen molar-refractivity contribution in [2.24, 2.45) is 10.2 Å². The molecule has 32 heteroatoms. The molecule has 0 aliphatic heterocycles. The molecule has 24 nitrogen and oxygen atoms in total. The predicted octanol–water partition coefficient (Wildman–Crippen LogP) is 1.71. The van der Waals surface area contributed by atoms with E-state index in [2.05, 4.69) is 19.7 Å². The van der Waals surface area contributed by atoms with E-state index in [9.17, 15) is 73.5 Å². The summed E-state index contributed by atoms with van der Waals surface area (Å²) < 4.78 is 214. The van der Waals surface area contributed by atoms with Crippen molar-refractivity contribution in [3.05, 3.63) is 54.1 Å². The van der Waals surface area contributed by atoms with Crippen molar-refractivity contribution in [3.63, 3.8) is 0 Å². The molecule has 0 radical (unpaired) electrons. The summed E-state index contributed by atoms with van der Waals surface area (Å²) >= 11 is 0. The number of hydrogen-bond donors (Lipinski definition) is 9. The minimum atomic E-state index is -5.69. The Morgan fingerprint density at radius 2 is 1.26 bits per heavy atom. The monoisotopic (exact) mass is 929 g/mol. The fraction of sp³-hybridized carbons (Fsp3) is 0.120. The third-order valence-corrected chi connectivity index (χ3v) is 12.6. The molecule has 314 valence electrons. The summed E-state index contributed by atoms with van der Waals surface area (Å²) in [4.78, 5) is -6.49. The van der Waals surface area contributed by atoms with Gasteiger partial charge >= 0.3 is 10.4 Å². The van der Waals surface area contributed by atoms with Gasteiger partial charge < -0.3 is 21.9 Å². The molecule has 4 rings (SSSR count). The van der Waals surface area contributed by atoms with Crippen LogP contribution in [0.2, 0.25) is 0 Å². The molecule has 0 amide bonds. The van der Waals surface area contributed by atoms with E-state index in [4.69, 9.17) is 25.1 Å². The maximum Gasteiger partial charge on any atom is 0.397 e. The van der Waals surface area contributed by atoms with E-state index in [-0.39, 0.29) is 28.2 Å². The molecule has 0 saturated heterocycles. The van der Waals surface area contributed by atoms with E-state index in [1.807, 2.05) is 0 Å². The first-order chi connectivity index (χ1) is 25.7. The number of halogens is 2. The molecule has 4 aromatic rings. The first kappa shape index (κ1) is 46.6. The standard InChI is InChI=1S/C17H14F2N4O10S3.C8H11NO9S3/c1-21-9-3-2-6-7(13(9)20)4-11(34(25,26)27)14(15(6)24)23-22-10-5-8(18)16(35(28,29)30)12(19)17(10)36(31,32)33;9-7-2-1-6(5-8(7)20(12,13)14)19(10,11)4-3-18-21(15,16)17/h2-5,21,24H,20H2,1H3,(H,25,26,27)(H,28,29,30)(H,31,32,33);1-2,5H,3-4,9H2,(H,12,13,14)(H,15,16,17). The molecule has 0 fully saturated rings. The summed E-state index contributed by atoms with van der Waals surface area (Å²) in [6.45, 7) is -0.868. The maximum absolute atomic E-state index is 14.6. The number of azo groups is 1. The van der Waals surface area contributed by atoms with Crippen LogP contribution in [0.3, 0.4) is 0 Å². The van der Waals surface area contributed by atoms with E-state index < -0.39 is 126 Å². The molecule has 0 heterocycles. The number of rotatable bonds is 12. The molecular weight excluding hydrogens is 905 g/mol. The molecule has 0 aromatic heterocycles. The SMILES string of the molecule is CNc1ccc2c(O)c(N=Nc3cc(F)c(S(=O)(=O)O)c(F)c3S(=O)(=O)O)c(S(=O)(=O)O)cc2c1N.Nc1ccc(S(=O)(=O)CCOS(=O)(=O)O)cc1S(=O)(=O)O. The number of anilines is 3. The molecule has 0 saturated carbocycles. The zero-order chi connectivity index (χ0) is 43.9. The smallest absolute Gasteiger partial charge is 0.397 e. The molecule has 11 N–H and O–H groups in total.